The van der Waals surface area contributed by atoms with Gasteiger partial charge in [-0.05, 0) is 78.9 Å². The number of carbonyl (C=O) groups excluding carboxylic acids is 1. The van der Waals surface area contributed by atoms with Crippen LogP contribution in [0.4, 0.5) is 13.6 Å². The monoisotopic (exact) mass is 536 g/mol. The lowest BCUT2D eigenvalue weighted by Crippen LogP contribution is -2.36. The first-order valence-corrected chi connectivity index (χ1v) is 11.7. The smallest absolute Gasteiger partial charge is 0.408 e. The first-order valence-electron chi connectivity index (χ1n) is 10.9. The summed E-state index contributed by atoms with van der Waals surface area (Å²) < 4.78 is 38.8. The van der Waals surface area contributed by atoms with Gasteiger partial charge in [0.05, 0.1) is 24.9 Å². The molecule has 6 nitrogen and oxygen atoms in total. The zero-order valence-electron chi connectivity index (χ0n) is 19.3. The number of amides is 1. The summed E-state index contributed by atoms with van der Waals surface area (Å²) in [7, 11) is 0. The Kier molecular flexibility index (Phi) is 8.29. The minimum atomic E-state index is -1.15. The molecule has 0 radical (unpaired) electrons. The van der Waals surface area contributed by atoms with Gasteiger partial charge in [-0.1, -0.05) is 5.92 Å². The molecule has 2 aromatic rings. The van der Waals surface area contributed by atoms with Gasteiger partial charge in [-0.2, -0.15) is 0 Å². The van der Waals surface area contributed by atoms with Gasteiger partial charge in [-0.3, -0.25) is 0 Å². The van der Waals surface area contributed by atoms with Crippen LogP contribution in [-0.2, 0) is 15.9 Å². The second-order valence-corrected chi connectivity index (χ2v) is 9.99. The Morgan fingerprint density at radius 3 is 2.53 bits per heavy atom. The molecular formula is C25H27BrF2N2O4. The third-order valence-electron chi connectivity index (χ3n) is 5.00. The average molecular weight is 537 g/mol. The average Bonchev–Trinajstić information content (AvgIpc) is 2.71. The Hall–Kier alpha value is -2.54. The van der Waals surface area contributed by atoms with Crippen LogP contribution in [0.2, 0.25) is 0 Å². The molecule has 0 unspecified atom stereocenters. The van der Waals surface area contributed by atoms with Crippen molar-refractivity contribution in [2.45, 2.75) is 57.3 Å². The molecule has 2 heterocycles. The zero-order valence-corrected chi connectivity index (χ0v) is 20.8. The molecule has 1 aliphatic heterocycles. The highest BCUT2D eigenvalue weighted by molar-refractivity contribution is 9.10. The van der Waals surface area contributed by atoms with Gasteiger partial charge in [0, 0.05) is 23.4 Å². The Bertz CT molecular complexity index is 1080. The molecule has 0 aliphatic carbocycles. The van der Waals surface area contributed by atoms with E-state index >= 15 is 0 Å². The summed E-state index contributed by atoms with van der Waals surface area (Å²) in [6.45, 7) is 6.05. The van der Waals surface area contributed by atoms with Gasteiger partial charge in [0.2, 0.25) is 0 Å². The molecule has 1 saturated heterocycles. The van der Waals surface area contributed by atoms with Crippen LogP contribution in [0, 0.1) is 23.5 Å². The van der Waals surface area contributed by atoms with E-state index in [0.29, 0.717) is 47.5 Å². The topological polar surface area (TPSA) is 80.7 Å². The van der Waals surface area contributed by atoms with E-state index in [2.05, 4.69) is 38.1 Å². The second kappa shape index (κ2) is 10.8. The molecule has 3 rings (SSSR count). The van der Waals surface area contributed by atoms with E-state index < -0.39 is 35.0 Å². The van der Waals surface area contributed by atoms with E-state index in [4.69, 9.17) is 9.47 Å². The summed E-state index contributed by atoms with van der Waals surface area (Å²) in [5.74, 6) is 4.33. The predicted molar refractivity (Wildman–Crippen MR) is 126 cm³/mol. The molecule has 1 aliphatic rings. The standard InChI is InChI=1S/C25H27BrF2N2O4/c1-24(2,3)34-23(31)30-21(14-16-12-17(27)15-18(28)13-16)22-20(26)5-4-19(29-22)6-7-25(32)8-10-33-11-9-25/h4-5,12-13,15,21,32H,8-11,14H2,1-3H3,(H,30,31)/t21-/m0/s1. The molecule has 1 aromatic heterocycles. The summed E-state index contributed by atoms with van der Waals surface area (Å²) in [6.07, 6.45) is 0.155. The number of aromatic nitrogens is 1. The maximum Gasteiger partial charge on any atom is 0.408 e. The molecule has 1 aromatic carbocycles. The van der Waals surface area contributed by atoms with Crippen molar-refractivity contribution in [3.05, 3.63) is 63.4 Å². The summed E-state index contributed by atoms with van der Waals surface area (Å²) in [5, 5.41) is 13.3. The van der Waals surface area contributed by atoms with E-state index in [0.717, 1.165) is 6.07 Å². The summed E-state index contributed by atoms with van der Waals surface area (Å²) in [5.41, 5.74) is -0.780. The maximum absolute atomic E-state index is 13.8. The number of carbonyl (C=O) groups is 1. The van der Waals surface area contributed by atoms with Crippen LogP contribution in [0.3, 0.4) is 0 Å². The first-order chi connectivity index (χ1) is 15.9. The van der Waals surface area contributed by atoms with Gasteiger partial charge >= 0.3 is 6.09 Å². The summed E-state index contributed by atoms with van der Waals surface area (Å²) >= 11 is 3.45. The van der Waals surface area contributed by atoms with Gasteiger partial charge in [-0.15, -0.1) is 0 Å². The highest BCUT2D eigenvalue weighted by atomic mass is 79.9. The largest absolute Gasteiger partial charge is 0.444 e. The Morgan fingerprint density at radius 2 is 1.91 bits per heavy atom. The van der Waals surface area contributed by atoms with E-state index in [9.17, 15) is 18.7 Å². The normalized spacial score (nSPS) is 16.2. The molecule has 9 heteroatoms. The lowest BCUT2D eigenvalue weighted by molar-refractivity contribution is -0.0262. The number of hydrogen-bond donors (Lipinski definition) is 2. The van der Waals surface area contributed by atoms with Gasteiger partial charge in [-0.25, -0.2) is 18.6 Å². The van der Waals surface area contributed by atoms with Crippen molar-refractivity contribution in [2.75, 3.05) is 13.2 Å². The second-order valence-electron chi connectivity index (χ2n) is 9.14. The lowest BCUT2D eigenvalue weighted by atomic mass is 9.95. The zero-order chi connectivity index (χ0) is 24.9. The van der Waals surface area contributed by atoms with E-state index in [1.54, 1.807) is 32.9 Å². The van der Waals surface area contributed by atoms with Crippen molar-refractivity contribution in [1.82, 2.24) is 10.3 Å². The van der Waals surface area contributed by atoms with Crippen LogP contribution in [-0.4, -0.2) is 40.6 Å². The first kappa shape index (κ1) is 26.1. The minimum absolute atomic E-state index is 0.0533. The van der Waals surface area contributed by atoms with Gasteiger partial charge in [0.1, 0.15) is 28.5 Å². The molecule has 1 fully saturated rings. The predicted octanol–water partition coefficient (Wildman–Crippen LogP) is 4.82. The molecule has 1 amide bonds. The van der Waals surface area contributed by atoms with Crippen LogP contribution in [0.25, 0.3) is 0 Å². The third-order valence-corrected chi connectivity index (χ3v) is 5.67. The van der Waals surface area contributed by atoms with Crippen LogP contribution in [0.15, 0.2) is 34.8 Å². The molecular weight excluding hydrogens is 510 g/mol. The molecule has 1 atom stereocenters. The van der Waals surface area contributed by atoms with Crippen LogP contribution in [0.5, 0.6) is 0 Å². The van der Waals surface area contributed by atoms with Crippen molar-refractivity contribution in [3.8, 4) is 11.8 Å². The number of nitrogens with one attached hydrogen (secondary N) is 1. The van der Waals surface area contributed by atoms with Crippen molar-refractivity contribution < 1.29 is 28.2 Å². The Morgan fingerprint density at radius 1 is 1.26 bits per heavy atom. The number of rotatable bonds is 4. The number of nitrogens with zero attached hydrogens (tertiary/aromatic N) is 1. The SMILES string of the molecule is CC(C)(C)OC(=O)N[C@@H](Cc1cc(F)cc(F)c1)c1nc(C#CC2(O)CCOCC2)ccc1Br. The number of halogens is 3. The quantitative estimate of drug-likeness (QED) is 0.547. The highest BCUT2D eigenvalue weighted by Crippen LogP contribution is 2.27. The van der Waals surface area contributed by atoms with Crippen LogP contribution in [0.1, 0.15) is 56.6 Å². The van der Waals surface area contributed by atoms with Crippen LogP contribution >= 0.6 is 15.9 Å². The Balaban J connectivity index is 1.93. The van der Waals surface area contributed by atoms with Gasteiger partial charge in [0.25, 0.3) is 0 Å². The maximum atomic E-state index is 13.8. The van der Waals surface area contributed by atoms with Crippen molar-refractivity contribution in [2.24, 2.45) is 0 Å². The lowest BCUT2D eigenvalue weighted by Gasteiger charge is -2.26. The minimum Gasteiger partial charge on any atom is -0.444 e. The molecule has 0 saturated carbocycles. The fourth-order valence-electron chi connectivity index (χ4n) is 3.42. The number of pyridine rings is 1. The van der Waals surface area contributed by atoms with Gasteiger partial charge in [0.15, 0.2) is 0 Å². The number of hydrogen-bond acceptors (Lipinski definition) is 5. The van der Waals surface area contributed by atoms with E-state index in [1.165, 1.54) is 12.1 Å². The Labute approximate surface area is 206 Å². The number of ether oxygens (including phenoxy) is 2. The fraction of sp³-hybridized carbons (Fsp3) is 0.440. The number of aliphatic hydroxyl groups is 1. The van der Waals surface area contributed by atoms with Crippen molar-refractivity contribution >= 4 is 22.0 Å². The van der Waals surface area contributed by atoms with Gasteiger partial charge < -0.3 is 19.9 Å². The fourth-order valence-corrected chi connectivity index (χ4v) is 3.91. The van der Waals surface area contributed by atoms with E-state index in [1.807, 2.05) is 0 Å². The molecule has 34 heavy (non-hydrogen) atoms. The third kappa shape index (κ3) is 7.76. The highest BCUT2D eigenvalue weighted by Gasteiger charge is 2.28. The van der Waals surface area contributed by atoms with Crippen molar-refractivity contribution in [3.63, 3.8) is 0 Å². The molecule has 0 bridgehead atoms. The molecule has 0 spiro atoms. The molecule has 182 valence electrons. The van der Waals surface area contributed by atoms with Crippen molar-refractivity contribution in [1.29, 1.82) is 0 Å². The summed E-state index contributed by atoms with van der Waals surface area (Å²) in [6, 6.07) is 5.80. The van der Waals surface area contributed by atoms with E-state index in [-0.39, 0.29) is 6.42 Å². The summed E-state index contributed by atoms with van der Waals surface area (Å²) in [4.78, 5) is 17.1. The molecule has 2 N–H and O–H groups in total. The van der Waals surface area contributed by atoms with Crippen LogP contribution < -0.4 is 5.32 Å². The number of alkyl carbamates (subject to hydrolysis) is 1. The number of benzene rings is 1.